The lowest BCUT2D eigenvalue weighted by molar-refractivity contribution is 0.265. The van der Waals surface area contributed by atoms with E-state index in [1.165, 1.54) is 6.26 Å². The Hall–Kier alpha value is -1.38. The maximum absolute atomic E-state index is 11.8. The summed E-state index contributed by atoms with van der Waals surface area (Å²) in [6.45, 7) is 5.57. The van der Waals surface area contributed by atoms with Crippen LogP contribution in [0.2, 0.25) is 0 Å². The van der Waals surface area contributed by atoms with Crippen LogP contribution in [-0.2, 0) is 22.9 Å². The van der Waals surface area contributed by atoms with E-state index in [2.05, 4.69) is 23.8 Å². The summed E-state index contributed by atoms with van der Waals surface area (Å²) >= 11 is 1.67. The third kappa shape index (κ3) is 5.08. The number of thiazole rings is 1. The van der Waals surface area contributed by atoms with E-state index in [1.54, 1.807) is 28.0 Å². The molecular formula is C18H26N4O2S2. The van der Waals surface area contributed by atoms with E-state index >= 15 is 0 Å². The summed E-state index contributed by atoms with van der Waals surface area (Å²) in [5.74, 6) is 0.872. The first kappa shape index (κ1) is 19.4. The van der Waals surface area contributed by atoms with Gasteiger partial charge >= 0.3 is 0 Å². The first-order chi connectivity index (χ1) is 12.3. The van der Waals surface area contributed by atoms with Crippen LogP contribution in [0.15, 0.2) is 18.6 Å². The molecule has 3 heterocycles. The van der Waals surface area contributed by atoms with Crippen molar-refractivity contribution < 1.29 is 8.42 Å². The maximum atomic E-state index is 11.8. The predicted molar refractivity (Wildman–Crippen MR) is 105 cm³/mol. The minimum atomic E-state index is -3.12. The quantitative estimate of drug-likeness (QED) is 0.753. The highest BCUT2D eigenvalue weighted by Gasteiger charge is 2.26. The Morgan fingerprint density at radius 3 is 2.85 bits per heavy atom. The Kier molecular flexibility index (Phi) is 6.04. The normalized spacial score (nSPS) is 19.2. The Morgan fingerprint density at radius 2 is 2.12 bits per heavy atom. The van der Waals surface area contributed by atoms with E-state index in [0.717, 1.165) is 47.0 Å². The van der Waals surface area contributed by atoms with Crippen molar-refractivity contribution in [2.24, 2.45) is 11.8 Å². The molecule has 0 saturated carbocycles. The highest BCUT2D eigenvalue weighted by molar-refractivity contribution is 7.88. The summed E-state index contributed by atoms with van der Waals surface area (Å²) in [5, 5.41) is 1.12. The zero-order chi connectivity index (χ0) is 18.7. The lowest BCUT2D eigenvalue weighted by Crippen LogP contribution is -2.39. The van der Waals surface area contributed by atoms with E-state index in [0.29, 0.717) is 24.9 Å². The second kappa shape index (κ2) is 8.10. The summed E-state index contributed by atoms with van der Waals surface area (Å²) in [7, 11) is -3.12. The molecule has 1 aliphatic rings. The molecule has 0 aromatic carbocycles. The summed E-state index contributed by atoms with van der Waals surface area (Å²) in [4.78, 5) is 14.6. The molecule has 142 valence electrons. The average molecular weight is 395 g/mol. The van der Waals surface area contributed by atoms with Gasteiger partial charge in [-0.05, 0) is 31.1 Å². The van der Waals surface area contributed by atoms with E-state index < -0.39 is 10.0 Å². The largest absolute Gasteiger partial charge is 0.261 e. The van der Waals surface area contributed by atoms with Crippen molar-refractivity contribution in [1.29, 1.82) is 0 Å². The summed E-state index contributed by atoms with van der Waals surface area (Å²) < 4.78 is 25.2. The third-order valence-corrected chi connectivity index (χ3v) is 6.83. The number of nitrogens with zero attached hydrogens (tertiary/aromatic N) is 4. The number of piperidine rings is 1. The van der Waals surface area contributed by atoms with Gasteiger partial charge in [-0.2, -0.15) is 0 Å². The van der Waals surface area contributed by atoms with Gasteiger partial charge in [-0.25, -0.2) is 22.7 Å². The van der Waals surface area contributed by atoms with Crippen molar-refractivity contribution in [1.82, 2.24) is 19.3 Å². The SMILES string of the molecule is CC(C)Cc1ncc(-c2cncc(C[C@@H]3CCCN(S(C)(=O)=O)C3)n2)s1. The van der Waals surface area contributed by atoms with Gasteiger partial charge in [0, 0.05) is 31.9 Å². The van der Waals surface area contributed by atoms with Crippen LogP contribution in [0.5, 0.6) is 0 Å². The molecule has 6 nitrogen and oxygen atoms in total. The zero-order valence-corrected chi connectivity index (χ0v) is 17.2. The van der Waals surface area contributed by atoms with Gasteiger partial charge in [-0.1, -0.05) is 13.8 Å². The average Bonchev–Trinajstić information content (AvgIpc) is 3.02. The molecule has 0 N–H and O–H groups in total. The predicted octanol–water partition coefficient (Wildman–Crippen LogP) is 3.01. The Balaban J connectivity index is 1.70. The van der Waals surface area contributed by atoms with Crippen LogP contribution in [0.4, 0.5) is 0 Å². The molecule has 0 amide bonds. The van der Waals surface area contributed by atoms with Crippen LogP contribution < -0.4 is 0 Å². The smallest absolute Gasteiger partial charge is 0.211 e. The highest BCUT2D eigenvalue weighted by atomic mass is 32.2. The maximum Gasteiger partial charge on any atom is 0.211 e. The standard InChI is InChI=1S/C18H26N4O2S2/c1-13(2)7-18-20-11-17(25-18)16-10-19-9-15(21-16)8-14-5-4-6-22(12-14)26(3,23)24/h9-11,13-14H,4-8,12H2,1-3H3/t14-/m0/s1. The molecule has 0 unspecified atom stereocenters. The van der Waals surface area contributed by atoms with Crippen molar-refractivity contribution in [3.8, 4) is 10.6 Å². The number of aromatic nitrogens is 3. The fourth-order valence-electron chi connectivity index (χ4n) is 3.29. The summed E-state index contributed by atoms with van der Waals surface area (Å²) in [6, 6.07) is 0. The van der Waals surface area contributed by atoms with Crippen LogP contribution in [0.1, 0.15) is 37.4 Å². The molecule has 8 heteroatoms. The van der Waals surface area contributed by atoms with Crippen LogP contribution in [0.25, 0.3) is 10.6 Å². The molecule has 3 rings (SSSR count). The van der Waals surface area contributed by atoms with Gasteiger partial charge in [0.25, 0.3) is 0 Å². The number of sulfonamides is 1. The summed E-state index contributed by atoms with van der Waals surface area (Å²) in [6.07, 6.45) is 10.4. The molecule has 2 aromatic rings. The lowest BCUT2D eigenvalue weighted by Gasteiger charge is -2.30. The topological polar surface area (TPSA) is 76.1 Å². The zero-order valence-electron chi connectivity index (χ0n) is 15.6. The lowest BCUT2D eigenvalue weighted by atomic mass is 9.95. The second-order valence-electron chi connectivity index (χ2n) is 7.45. The van der Waals surface area contributed by atoms with Crippen LogP contribution in [-0.4, -0.2) is 47.0 Å². The molecule has 2 aromatic heterocycles. The van der Waals surface area contributed by atoms with Crippen molar-refractivity contribution in [3.63, 3.8) is 0 Å². The first-order valence-corrected chi connectivity index (χ1v) is 11.7. The first-order valence-electron chi connectivity index (χ1n) is 9.02. The van der Waals surface area contributed by atoms with Gasteiger partial charge < -0.3 is 0 Å². The van der Waals surface area contributed by atoms with Gasteiger partial charge in [-0.3, -0.25) is 4.98 Å². The van der Waals surface area contributed by atoms with Gasteiger partial charge in [0.15, 0.2) is 0 Å². The van der Waals surface area contributed by atoms with Crippen LogP contribution in [0, 0.1) is 11.8 Å². The van der Waals surface area contributed by atoms with Crippen molar-refractivity contribution in [3.05, 3.63) is 29.3 Å². The van der Waals surface area contributed by atoms with Gasteiger partial charge in [0.05, 0.1) is 28.0 Å². The highest BCUT2D eigenvalue weighted by Crippen LogP contribution is 2.27. The van der Waals surface area contributed by atoms with Gasteiger partial charge in [0.2, 0.25) is 10.0 Å². The third-order valence-electron chi connectivity index (χ3n) is 4.52. The Bertz CT molecular complexity index is 848. The van der Waals surface area contributed by atoms with Crippen molar-refractivity contribution in [2.45, 2.75) is 39.5 Å². The fourth-order valence-corrected chi connectivity index (χ4v) is 5.31. The van der Waals surface area contributed by atoms with E-state index in [4.69, 9.17) is 4.98 Å². The van der Waals surface area contributed by atoms with Crippen molar-refractivity contribution in [2.75, 3.05) is 19.3 Å². The minimum absolute atomic E-state index is 0.293. The summed E-state index contributed by atoms with van der Waals surface area (Å²) in [5.41, 5.74) is 1.77. The van der Waals surface area contributed by atoms with Gasteiger partial charge in [-0.15, -0.1) is 11.3 Å². The van der Waals surface area contributed by atoms with Gasteiger partial charge in [0.1, 0.15) is 5.69 Å². The van der Waals surface area contributed by atoms with Crippen molar-refractivity contribution >= 4 is 21.4 Å². The Labute approximate surface area is 159 Å². The Morgan fingerprint density at radius 1 is 1.31 bits per heavy atom. The molecular weight excluding hydrogens is 368 g/mol. The second-order valence-corrected chi connectivity index (χ2v) is 10.5. The van der Waals surface area contributed by atoms with Crippen LogP contribution >= 0.6 is 11.3 Å². The van der Waals surface area contributed by atoms with E-state index in [1.807, 2.05) is 6.20 Å². The molecule has 1 atom stereocenters. The minimum Gasteiger partial charge on any atom is -0.261 e. The molecule has 0 bridgehead atoms. The van der Waals surface area contributed by atoms with Crippen LogP contribution in [0.3, 0.4) is 0 Å². The molecule has 0 aliphatic carbocycles. The molecule has 0 radical (unpaired) electrons. The number of hydrogen-bond donors (Lipinski definition) is 0. The molecule has 1 aliphatic heterocycles. The molecule has 26 heavy (non-hydrogen) atoms. The number of hydrogen-bond acceptors (Lipinski definition) is 6. The monoisotopic (exact) mass is 394 g/mol. The molecule has 1 fully saturated rings. The molecule has 1 saturated heterocycles. The fraction of sp³-hybridized carbons (Fsp3) is 0.611. The molecule has 0 spiro atoms. The number of rotatable bonds is 6. The van der Waals surface area contributed by atoms with E-state index in [9.17, 15) is 8.42 Å². The van der Waals surface area contributed by atoms with E-state index in [-0.39, 0.29) is 0 Å².